The number of carboxylic acids is 1. The Balaban J connectivity index is 2.31. The maximum Gasteiger partial charge on any atom is 0.336 e. The summed E-state index contributed by atoms with van der Waals surface area (Å²) in [6.45, 7) is 3.52. The Hall–Kier alpha value is -2.28. The van der Waals surface area contributed by atoms with Gasteiger partial charge in [0.15, 0.2) is 5.69 Å². The molecule has 1 aromatic heterocycles. The Morgan fingerprint density at radius 3 is 2.63 bits per heavy atom. The van der Waals surface area contributed by atoms with E-state index in [9.17, 15) is 9.59 Å². The van der Waals surface area contributed by atoms with Crippen molar-refractivity contribution in [1.29, 1.82) is 0 Å². The zero-order valence-electron chi connectivity index (χ0n) is 10.3. The summed E-state index contributed by atoms with van der Waals surface area (Å²) < 4.78 is 3.60. The number of hydrogen-bond acceptors (Lipinski definition) is 5. The molecule has 0 aliphatic carbocycles. The lowest BCUT2D eigenvalue weighted by Crippen LogP contribution is -2.13. The van der Waals surface area contributed by atoms with Gasteiger partial charge in [-0.2, -0.15) is 0 Å². The van der Waals surface area contributed by atoms with Crippen molar-refractivity contribution in [2.75, 3.05) is 5.32 Å². The second-order valence-electron chi connectivity index (χ2n) is 4.02. The molecule has 1 aromatic carbocycles. The van der Waals surface area contributed by atoms with Gasteiger partial charge in [-0.1, -0.05) is 4.49 Å². The van der Waals surface area contributed by atoms with E-state index in [0.717, 1.165) is 17.1 Å². The number of carbonyl (C=O) groups is 2. The van der Waals surface area contributed by atoms with Gasteiger partial charge in [-0.05, 0) is 48.6 Å². The van der Waals surface area contributed by atoms with Crippen LogP contribution in [0.1, 0.15) is 32.0 Å². The van der Waals surface area contributed by atoms with Crippen LogP contribution >= 0.6 is 11.5 Å². The second kappa shape index (κ2) is 5.15. The highest BCUT2D eigenvalue weighted by Gasteiger charge is 2.14. The zero-order chi connectivity index (χ0) is 14.0. The van der Waals surface area contributed by atoms with Crippen LogP contribution in [0.25, 0.3) is 0 Å². The summed E-state index contributed by atoms with van der Waals surface area (Å²) in [5, 5.41) is 16.9. The molecule has 0 bridgehead atoms. The summed E-state index contributed by atoms with van der Waals surface area (Å²) in [4.78, 5) is 22.9. The normalized spacial score (nSPS) is 10.2. The smallest absolute Gasteiger partial charge is 0.336 e. The van der Waals surface area contributed by atoms with Crippen LogP contribution in [0.2, 0.25) is 0 Å². The molecular weight excluding hydrogens is 266 g/mol. The van der Waals surface area contributed by atoms with Gasteiger partial charge in [0.25, 0.3) is 5.91 Å². The van der Waals surface area contributed by atoms with Crippen molar-refractivity contribution in [3.8, 4) is 0 Å². The van der Waals surface area contributed by atoms with Crippen molar-refractivity contribution in [3.05, 3.63) is 39.9 Å². The van der Waals surface area contributed by atoms with E-state index in [4.69, 9.17) is 5.11 Å². The minimum atomic E-state index is -1.02. The fourth-order valence-electron chi connectivity index (χ4n) is 1.61. The number of benzene rings is 1. The number of rotatable bonds is 3. The van der Waals surface area contributed by atoms with E-state index >= 15 is 0 Å². The van der Waals surface area contributed by atoms with E-state index in [1.807, 2.05) is 0 Å². The summed E-state index contributed by atoms with van der Waals surface area (Å²) >= 11 is 1.08. The molecule has 6 nitrogen and oxygen atoms in total. The van der Waals surface area contributed by atoms with Gasteiger partial charge in [-0.3, -0.25) is 4.79 Å². The van der Waals surface area contributed by atoms with Gasteiger partial charge in [0.2, 0.25) is 0 Å². The van der Waals surface area contributed by atoms with Crippen LogP contribution in [0.5, 0.6) is 0 Å². The molecule has 0 fully saturated rings. The molecule has 0 atom stereocenters. The van der Waals surface area contributed by atoms with E-state index < -0.39 is 11.9 Å². The van der Waals surface area contributed by atoms with Crippen LogP contribution in [0.3, 0.4) is 0 Å². The van der Waals surface area contributed by atoms with Crippen LogP contribution in [0, 0.1) is 13.8 Å². The second-order valence-corrected chi connectivity index (χ2v) is 4.62. The van der Waals surface area contributed by atoms with E-state index in [2.05, 4.69) is 14.9 Å². The summed E-state index contributed by atoms with van der Waals surface area (Å²) in [5.74, 6) is -1.43. The van der Waals surface area contributed by atoms with Crippen molar-refractivity contribution in [3.63, 3.8) is 0 Å². The first-order valence-corrected chi connectivity index (χ1v) is 6.25. The third-order valence-corrected chi connectivity index (χ3v) is 3.25. The molecule has 2 N–H and O–H groups in total. The number of nitrogens with zero attached hydrogens (tertiary/aromatic N) is 2. The number of aromatic carboxylic acids is 1. The first-order valence-electron chi connectivity index (χ1n) is 5.42. The Labute approximate surface area is 113 Å². The van der Waals surface area contributed by atoms with Crippen LogP contribution in [-0.4, -0.2) is 26.6 Å². The Morgan fingerprint density at radius 2 is 2.05 bits per heavy atom. The molecule has 0 aliphatic heterocycles. The molecular formula is C12H11N3O3S. The summed E-state index contributed by atoms with van der Waals surface area (Å²) in [7, 11) is 0. The van der Waals surface area contributed by atoms with Crippen molar-refractivity contribution >= 4 is 29.1 Å². The molecule has 2 rings (SSSR count). The molecule has 0 radical (unpaired) electrons. The Morgan fingerprint density at radius 1 is 1.32 bits per heavy atom. The molecule has 2 aromatic rings. The quantitative estimate of drug-likeness (QED) is 0.896. The Kier molecular flexibility index (Phi) is 3.57. The van der Waals surface area contributed by atoms with Gasteiger partial charge in [0.1, 0.15) is 0 Å². The average Bonchev–Trinajstić information content (AvgIpc) is 2.86. The van der Waals surface area contributed by atoms with Gasteiger partial charge < -0.3 is 10.4 Å². The highest BCUT2D eigenvalue weighted by molar-refractivity contribution is 7.03. The van der Waals surface area contributed by atoms with Crippen molar-refractivity contribution < 1.29 is 14.7 Å². The fourth-order valence-corrected chi connectivity index (χ4v) is 2.05. The molecule has 7 heteroatoms. The number of aromatic nitrogens is 2. The predicted molar refractivity (Wildman–Crippen MR) is 70.7 cm³/mol. The first kappa shape index (κ1) is 13.2. The van der Waals surface area contributed by atoms with Gasteiger partial charge >= 0.3 is 5.97 Å². The molecule has 1 heterocycles. The van der Waals surface area contributed by atoms with E-state index in [1.165, 1.54) is 11.4 Å². The molecule has 0 saturated carbocycles. The van der Waals surface area contributed by atoms with Crippen LogP contribution in [0.4, 0.5) is 5.69 Å². The standard InChI is InChI=1S/C12H11N3O3S/c1-6-3-8(4-9(7(6)2)12(17)18)13-11(16)10-5-19-15-14-10/h3-5H,1-2H3,(H,13,16)(H,17,18). The van der Waals surface area contributed by atoms with E-state index in [-0.39, 0.29) is 11.3 Å². The number of amides is 1. The number of carbonyl (C=O) groups excluding carboxylic acids is 1. The minimum Gasteiger partial charge on any atom is -0.478 e. The van der Waals surface area contributed by atoms with Crippen LogP contribution in [-0.2, 0) is 0 Å². The van der Waals surface area contributed by atoms with Crippen molar-refractivity contribution in [2.45, 2.75) is 13.8 Å². The number of carboxylic acid groups (broad SMARTS) is 1. The monoisotopic (exact) mass is 277 g/mol. The lowest BCUT2D eigenvalue weighted by molar-refractivity contribution is 0.0695. The van der Waals surface area contributed by atoms with E-state index in [1.54, 1.807) is 19.9 Å². The highest BCUT2D eigenvalue weighted by Crippen LogP contribution is 2.20. The zero-order valence-corrected chi connectivity index (χ0v) is 11.1. The highest BCUT2D eigenvalue weighted by atomic mass is 32.1. The maximum atomic E-state index is 11.8. The number of nitrogens with one attached hydrogen (secondary N) is 1. The van der Waals surface area contributed by atoms with Crippen molar-refractivity contribution in [2.24, 2.45) is 0 Å². The largest absolute Gasteiger partial charge is 0.478 e. The van der Waals surface area contributed by atoms with E-state index in [0.29, 0.717) is 11.3 Å². The van der Waals surface area contributed by atoms with Gasteiger partial charge in [0.05, 0.1) is 5.56 Å². The lowest BCUT2D eigenvalue weighted by atomic mass is 10.0. The summed E-state index contributed by atoms with van der Waals surface area (Å²) in [5.41, 5.74) is 2.29. The molecule has 0 aliphatic rings. The van der Waals surface area contributed by atoms with Crippen molar-refractivity contribution in [1.82, 2.24) is 9.59 Å². The topological polar surface area (TPSA) is 92.2 Å². The average molecular weight is 277 g/mol. The number of aryl methyl sites for hydroxylation is 1. The van der Waals surface area contributed by atoms with Gasteiger partial charge in [0, 0.05) is 11.1 Å². The first-order chi connectivity index (χ1) is 8.99. The van der Waals surface area contributed by atoms with Crippen LogP contribution in [0.15, 0.2) is 17.5 Å². The fraction of sp³-hybridized carbons (Fsp3) is 0.167. The number of anilines is 1. The van der Waals surface area contributed by atoms with Gasteiger partial charge in [-0.15, -0.1) is 5.10 Å². The predicted octanol–water partition coefficient (Wildman–Crippen LogP) is 2.11. The maximum absolute atomic E-state index is 11.8. The molecule has 0 spiro atoms. The molecule has 1 amide bonds. The molecule has 98 valence electrons. The van der Waals surface area contributed by atoms with Gasteiger partial charge in [-0.25, -0.2) is 4.79 Å². The molecule has 0 saturated heterocycles. The molecule has 19 heavy (non-hydrogen) atoms. The number of hydrogen-bond donors (Lipinski definition) is 2. The third kappa shape index (κ3) is 2.76. The lowest BCUT2D eigenvalue weighted by Gasteiger charge is -2.09. The third-order valence-electron chi connectivity index (χ3n) is 2.75. The Bertz CT molecular complexity index is 638. The molecule has 0 unspecified atom stereocenters. The summed E-state index contributed by atoms with van der Waals surface area (Å²) in [6, 6.07) is 3.15. The summed E-state index contributed by atoms with van der Waals surface area (Å²) in [6.07, 6.45) is 0. The van der Waals surface area contributed by atoms with Crippen LogP contribution < -0.4 is 5.32 Å². The minimum absolute atomic E-state index is 0.173. The SMILES string of the molecule is Cc1cc(NC(=O)c2csnn2)cc(C(=O)O)c1C.